The topological polar surface area (TPSA) is 71.6 Å². The maximum Gasteiger partial charge on any atom is 0.0701 e. The second kappa shape index (κ2) is 10.5. The van der Waals surface area contributed by atoms with E-state index in [9.17, 15) is 0 Å². The van der Waals surface area contributed by atoms with Crippen LogP contribution in [0.3, 0.4) is 0 Å². The van der Waals surface area contributed by atoms with Gasteiger partial charge in [-0.2, -0.15) is 5.10 Å². The van der Waals surface area contributed by atoms with Crippen molar-refractivity contribution >= 4 is 0 Å². The van der Waals surface area contributed by atoms with Crippen LogP contribution in [0.15, 0.2) is 6.20 Å². The van der Waals surface area contributed by atoms with Crippen molar-refractivity contribution in [2.45, 2.75) is 38.1 Å². The van der Waals surface area contributed by atoms with Crippen LogP contribution in [0.4, 0.5) is 0 Å². The first-order valence-corrected chi connectivity index (χ1v) is 10.3. The van der Waals surface area contributed by atoms with E-state index in [1.165, 1.54) is 24.1 Å². The summed E-state index contributed by atoms with van der Waals surface area (Å²) < 4.78 is 17.3. The molecule has 154 valence electrons. The molecule has 0 bridgehead atoms. The summed E-state index contributed by atoms with van der Waals surface area (Å²) >= 11 is 0. The number of likely N-dealkylation sites (N-methyl/N-ethyl adjacent to an activating group) is 2. The van der Waals surface area contributed by atoms with Crippen molar-refractivity contribution in [1.82, 2.24) is 20.4 Å². The Morgan fingerprint density at radius 3 is 2.48 bits per heavy atom. The smallest absolute Gasteiger partial charge is 0.0701 e. The fourth-order valence-corrected chi connectivity index (χ4v) is 4.24. The first-order valence-electron chi connectivity index (χ1n) is 10.3. The summed E-state index contributed by atoms with van der Waals surface area (Å²) in [5, 5.41) is 10.9. The largest absolute Gasteiger partial charge is 0.378 e. The van der Waals surface area contributed by atoms with E-state index < -0.39 is 0 Å². The number of aromatic amines is 1. The summed E-state index contributed by atoms with van der Waals surface area (Å²) in [6.45, 7) is 7.26. The van der Waals surface area contributed by atoms with Crippen LogP contribution < -0.4 is 5.32 Å². The molecule has 2 aliphatic rings. The van der Waals surface area contributed by atoms with E-state index in [1.54, 1.807) is 0 Å². The minimum Gasteiger partial charge on any atom is -0.378 e. The van der Waals surface area contributed by atoms with Crippen molar-refractivity contribution in [2.75, 3.05) is 66.8 Å². The van der Waals surface area contributed by atoms with E-state index in [-0.39, 0.29) is 5.41 Å². The van der Waals surface area contributed by atoms with Crippen LogP contribution in [0.25, 0.3) is 0 Å². The number of aromatic nitrogens is 2. The van der Waals surface area contributed by atoms with Crippen molar-refractivity contribution in [3.63, 3.8) is 0 Å². The standard InChI is InChI=1S/C20H36N4O3/c1-21-7-8-24(2)14-18-13-22-23-19(18)17-3-5-20(6-4-17)15-26-11-9-25-10-12-27-16-20/h13,17,21H,3-12,14-16H2,1-2H3,(H,22,23). The molecule has 1 saturated heterocycles. The average Bonchev–Trinajstić information content (AvgIpc) is 3.14. The maximum absolute atomic E-state index is 5.91. The van der Waals surface area contributed by atoms with Gasteiger partial charge in [-0.05, 0) is 39.8 Å². The van der Waals surface area contributed by atoms with Crippen LogP contribution in [0.2, 0.25) is 0 Å². The number of nitrogens with zero attached hydrogens (tertiary/aromatic N) is 2. The van der Waals surface area contributed by atoms with Crippen molar-refractivity contribution in [3.8, 4) is 0 Å². The summed E-state index contributed by atoms with van der Waals surface area (Å²) in [5.41, 5.74) is 2.83. The summed E-state index contributed by atoms with van der Waals surface area (Å²) in [5.74, 6) is 0.560. The predicted octanol–water partition coefficient (Wildman–Crippen LogP) is 1.77. The van der Waals surface area contributed by atoms with E-state index in [4.69, 9.17) is 14.2 Å². The van der Waals surface area contributed by atoms with Gasteiger partial charge in [-0.3, -0.25) is 5.10 Å². The molecule has 1 spiro atoms. The zero-order chi connectivity index (χ0) is 19.0. The van der Waals surface area contributed by atoms with E-state index in [0.717, 1.165) is 45.7 Å². The minimum atomic E-state index is 0.164. The Balaban J connectivity index is 1.56. The highest BCUT2D eigenvalue weighted by molar-refractivity contribution is 5.21. The Bertz CT molecular complexity index is 531. The molecule has 1 aliphatic carbocycles. The Morgan fingerprint density at radius 2 is 1.81 bits per heavy atom. The number of H-pyrrole nitrogens is 1. The van der Waals surface area contributed by atoms with Gasteiger partial charge < -0.3 is 24.4 Å². The molecule has 1 aliphatic heterocycles. The molecule has 1 aromatic rings. The number of nitrogens with one attached hydrogen (secondary N) is 2. The third-order valence-electron chi connectivity index (χ3n) is 5.95. The highest BCUT2D eigenvalue weighted by atomic mass is 16.5. The minimum absolute atomic E-state index is 0.164. The normalized spacial score (nSPS) is 22.3. The van der Waals surface area contributed by atoms with Gasteiger partial charge in [-0.15, -0.1) is 0 Å². The summed E-state index contributed by atoms with van der Waals surface area (Å²) in [7, 11) is 4.16. The Labute approximate surface area is 163 Å². The van der Waals surface area contributed by atoms with Crippen LogP contribution in [-0.4, -0.2) is 81.9 Å². The van der Waals surface area contributed by atoms with Gasteiger partial charge >= 0.3 is 0 Å². The summed E-state index contributed by atoms with van der Waals surface area (Å²) in [4.78, 5) is 2.35. The Hall–Kier alpha value is -0.990. The second-order valence-electron chi connectivity index (χ2n) is 8.14. The van der Waals surface area contributed by atoms with E-state index >= 15 is 0 Å². The number of hydrogen-bond donors (Lipinski definition) is 2. The lowest BCUT2D eigenvalue weighted by Gasteiger charge is -2.40. The van der Waals surface area contributed by atoms with Crippen LogP contribution >= 0.6 is 0 Å². The molecule has 0 unspecified atom stereocenters. The zero-order valence-corrected chi connectivity index (χ0v) is 17.0. The van der Waals surface area contributed by atoms with Crippen LogP contribution in [0, 0.1) is 5.41 Å². The van der Waals surface area contributed by atoms with Gasteiger partial charge in [0.2, 0.25) is 0 Å². The molecule has 0 aromatic carbocycles. The maximum atomic E-state index is 5.91. The molecular weight excluding hydrogens is 344 g/mol. The van der Waals surface area contributed by atoms with Gasteiger partial charge in [0.1, 0.15) is 0 Å². The molecule has 1 saturated carbocycles. The quantitative estimate of drug-likeness (QED) is 0.784. The molecule has 0 radical (unpaired) electrons. The fraction of sp³-hybridized carbons (Fsp3) is 0.850. The Morgan fingerprint density at radius 1 is 1.15 bits per heavy atom. The van der Waals surface area contributed by atoms with Crippen LogP contribution in [0.1, 0.15) is 42.9 Å². The molecule has 7 nitrogen and oxygen atoms in total. The Kier molecular flexibility index (Phi) is 8.08. The molecule has 2 heterocycles. The molecule has 1 aromatic heterocycles. The van der Waals surface area contributed by atoms with Gasteiger partial charge in [-0.1, -0.05) is 0 Å². The van der Waals surface area contributed by atoms with Gasteiger partial charge in [0, 0.05) is 42.2 Å². The monoisotopic (exact) mass is 380 g/mol. The van der Waals surface area contributed by atoms with Crippen molar-refractivity contribution in [3.05, 3.63) is 17.5 Å². The second-order valence-corrected chi connectivity index (χ2v) is 8.14. The zero-order valence-electron chi connectivity index (χ0n) is 17.0. The van der Waals surface area contributed by atoms with Gasteiger partial charge in [0.15, 0.2) is 0 Å². The van der Waals surface area contributed by atoms with Crippen LogP contribution in [-0.2, 0) is 20.8 Å². The SMILES string of the molecule is CNCCN(C)Cc1cn[nH]c1C1CCC2(CC1)COCCOCCOC2. The highest BCUT2D eigenvalue weighted by Crippen LogP contribution is 2.44. The average molecular weight is 381 g/mol. The van der Waals surface area contributed by atoms with Gasteiger partial charge in [0.05, 0.1) is 45.8 Å². The summed E-state index contributed by atoms with van der Waals surface area (Å²) in [6.07, 6.45) is 6.63. The van der Waals surface area contributed by atoms with Crippen LogP contribution in [0.5, 0.6) is 0 Å². The predicted molar refractivity (Wildman–Crippen MR) is 105 cm³/mol. The number of hydrogen-bond acceptors (Lipinski definition) is 6. The third kappa shape index (κ3) is 5.99. The molecule has 7 heteroatoms. The molecule has 0 atom stereocenters. The lowest BCUT2D eigenvalue weighted by Crippen LogP contribution is -2.38. The number of rotatable bonds is 6. The van der Waals surface area contributed by atoms with E-state index in [0.29, 0.717) is 32.3 Å². The highest BCUT2D eigenvalue weighted by Gasteiger charge is 2.37. The van der Waals surface area contributed by atoms with Gasteiger partial charge in [-0.25, -0.2) is 0 Å². The molecule has 27 heavy (non-hydrogen) atoms. The first kappa shape index (κ1) is 20.7. The van der Waals surface area contributed by atoms with E-state index in [1.807, 2.05) is 13.2 Å². The molecular formula is C20H36N4O3. The fourth-order valence-electron chi connectivity index (χ4n) is 4.24. The summed E-state index contributed by atoms with van der Waals surface area (Å²) in [6, 6.07) is 0. The van der Waals surface area contributed by atoms with Crippen molar-refractivity contribution in [1.29, 1.82) is 0 Å². The number of ether oxygens (including phenoxy) is 3. The van der Waals surface area contributed by atoms with Gasteiger partial charge in [0.25, 0.3) is 0 Å². The first-order chi connectivity index (χ1) is 13.2. The molecule has 2 fully saturated rings. The lowest BCUT2D eigenvalue weighted by molar-refractivity contribution is -0.0833. The molecule has 3 rings (SSSR count). The molecule has 2 N–H and O–H groups in total. The molecule has 0 amide bonds. The van der Waals surface area contributed by atoms with Crippen molar-refractivity contribution in [2.24, 2.45) is 5.41 Å². The van der Waals surface area contributed by atoms with Crippen molar-refractivity contribution < 1.29 is 14.2 Å². The van der Waals surface area contributed by atoms with E-state index in [2.05, 4.69) is 27.5 Å². The third-order valence-corrected chi connectivity index (χ3v) is 5.95. The lowest BCUT2D eigenvalue weighted by atomic mass is 9.70.